The molecule has 100 valence electrons. The van der Waals surface area contributed by atoms with Gasteiger partial charge in [-0.05, 0) is 45.3 Å². The van der Waals surface area contributed by atoms with Crippen LogP contribution in [0.4, 0.5) is 0 Å². The SMILES string of the molecule is CCC1CCN(CC(NC)C2CCOC2)CC1. The van der Waals surface area contributed by atoms with Crippen LogP contribution in [0.25, 0.3) is 0 Å². The number of nitrogens with zero attached hydrogens (tertiary/aromatic N) is 1. The molecule has 0 radical (unpaired) electrons. The molecule has 0 bridgehead atoms. The Kier molecular flexibility index (Phi) is 5.26. The molecular weight excluding hydrogens is 212 g/mol. The van der Waals surface area contributed by atoms with E-state index in [2.05, 4.69) is 24.2 Å². The summed E-state index contributed by atoms with van der Waals surface area (Å²) in [6, 6.07) is 0.621. The Morgan fingerprint density at radius 1 is 1.29 bits per heavy atom. The number of ether oxygens (including phenoxy) is 1. The van der Waals surface area contributed by atoms with E-state index in [4.69, 9.17) is 4.74 Å². The molecule has 0 aromatic carbocycles. The van der Waals surface area contributed by atoms with Gasteiger partial charge in [0.25, 0.3) is 0 Å². The molecule has 2 rings (SSSR count). The maximum absolute atomic E-state index is 5.50. The summed E-state index contributed by atoms with van der Waals surface area (Å²) >= 11 is 0. The lowest BCUT2D eigenvalue weighted by molar-refractivity contribution is 0.138. The third kappa shape index (κ3) is 3.67. The zero-order chi connectivity index (χ0) is 12.1. The standard InChI is InChI=1S/C14H28N2O/c1-3-12-4-7-16(8-5-12)10-14(15-2)13-6-9-17-11-13/h12-15H,3-11H2,1-2H3. The number of nitrogens with one attached hydrogen (secondary N) is 1. The lowest BCUT2D eigenvalue weighted by Gasteiger charge is -2.35. The predicted molar refractivity (Wildman–Crippen MR) is 71.2 cm³/mol. The molecule has 0 saturated carbocycles. The molecule has 2 heterocycles. The molecular formula is C14H28N2O. The smallest absolute Gasteiger partial charge is 0.0510 e. The van der Waals surface area contributed by atoms with Crippen molar-refractivity contribution in [1.29, 1.82) is 0 Å². The molecule has 2 atom stereocenters. The average Bonchev–Trinajstić information content (AvgIpc) is 2.90. The monoisotopic (exact) mass is 240 g/mol. The fraction of sp³-hybridized carbons (Fsp3) is 1.00. The van der Waals surface area contributed by atoms with Crippen molar-refractivity contribution in [2.45, 2.75) is 38.6 Å². The first-order chi connectivity index (χ1) is 8.33. The van der Waals surface area contributed by atoms with Gasteiger partial charge >= 0.3 is 0 Å². The lowest BCUT2D eigenvalue weighted by Crippen LogP contribution is -2.46. The van der Waals surface area contributed by atoms with Gasteiger partial charge in [0.2, 0.25) is 0 Å². The first kappa shape index (κ1) is 13.3. The number of piperidine rings is 1. The maximum atomic E-state index is 5.50. The Hall–Kier alpha value is -0.120. The van der Waals surface area contributed by atoms with E-state index in [1.165, 1.54) is 45.3 Å². The normalized spacial score (nSPS) is 29.6. The molecule has 2 aliphatic rings. The molecule has 0 aromatic rings. The van der Waals surface area contributed by atoms with Crippen molar-refractivity contribution in [3.63, 3.8) is 0 Å². The van der Waals surface area contributed by atoms with Crippen molar-refractivity contribution in [3.8, 4) is 0 Å². The van der Waals surface area contributed by atoms with Crippen molar-refractivity contribution < 1.29 is 4.74 Å². The van der Waals surface area contributed by atoms with Gasteiger partial charge in [-0.3, -0.25) is 0 Å². The van der Waals surface area contributed by atoms with E-state index in [9.17, 15) is 0 Å². The summed E-state index contributed by atoms with van der Waals surface area (Å²) in [6.07, 6.45) is 5.39. The Labute approximate surface area is 106 Å². The van der Waals surface area contributed by atoms with Crippen LogP contribution in [0.5, 0.6) is 0 Å². The Morgan fingerprint density at radius 2 is 2.06 bits per heavy atom. The van der Waals surface area contributed by atoms with E-state index < -0.39 is 0 Å². The van der Waals surface area contributed by atoms with Gasteiger partial charge in [0.1, 0.15) is 0 Å². The number of hydrogen-bond donors (Lipinski definition) is 1. The van der Waals surface area contributed by atoms with Crippen molar-refractivity contribution in [2.75, 3.05) is 39.9 Å². The van der Waals surface area contributed by atoms with E-state index in [0.717, 1.165) is 25.0 Å². The highest BCUT2D eigenvalue weighted by Gasteiger charge is 2.27. The second-order valence-corrected chi connectivity index (χ2v) is 5.67. The van der Waals surface area contributed by atoms with E-state index in [-0.39, 0.29) is 0 Å². The Bertz CT molecular complexity index is 208. The first-order valence-electron chi connectivity index (χ1n) is 7.30. The summed E-state index contributed by atoms with van der Waals surface area (Å²) in [5.74, 6) is 1.71. The van der Waals surface area contributed by atoms with Gasteiger partial charge in [-0.25, -0.2) is 0 Å². The van der Waals surface area contributed by atoms with Gasteiger partial charge in [0.15, 0.2) is 0 Å². The van der Waals surface area contributed by atoms with Gasteiger partial charge in [-0.1, -0.05) is 13.3 Å². The highest BCUT2D eigenvalue weighted by molar-refractivity contribution is 4.83. The Morgan fingerprint density at radius 3 is 2.59 bits per heavy atom. The van der Waals surface area contributed by atoms with Crippen LogP contribution in [0.2, 0.25) is 0 Å². The van der Waals surface area contributed by atoms with Crippen LogP contribution in [-0.2, 0) is 4.74 Å². The third-order valence-corrected chi connectivity index (χ3v) is 4.64. The van der Waals surface area contributed by atoms with Crippen LogP contribution in [-0.4, -0.2) is 50.8 Å². The largest absolute Gasteiger partial charge is 0.381 e. The second-order valence-electron chi connectivity index (χ2n) is 5.67. The van der Waals surface area contributed by atoms with Crippen LogP contribution in [0.15, 0.2) is 0 Å². The second kappa shape index (κ2) is 6.72. The zero-order valence-corrected chi connectivity index (χ0v) is 11.5. The minimum atomic E-state index is 0.621. The van der Waals surface area contributed by atoms with Crippen LogP contribution in [0, 0.1) is 11.8 Å². The summed E-state index contributed by atoms with van der Waals surface area (Å²) in [7, 11) is 2.10. The highest BCUT2D eigenvalue weighted by atomic mass is 16.5. The maximum Gasteiger partial charge on any atom is 0.0510 e. The molecule has 0 amide bonds. The van der Waals surface area contributed by atoms with Gasteiger partial charge < -0.3 is 15.0 Å². The number of hydrogen-bond acceptors (Lipinski definition) is 3. The summed E-state index contributed by atoms with van der Waals surface area (Å²) in [4.78, 5) is 2.64. The quantitative estimate of drug-likeness (QED) is 0.792. The van der Waals surface area contributed by atoms with E-state index in [0.29, 0.717) is 6.04 Å². The van der Waals surface area contributed by atoms with Gasteiger partial charge in [0, 0.05) is 25.1 Å². The summed E-state index contributed by atoms with van der Waals surface area (Å²) in [5, 5.41) is 3.49. The van der Waals surface area contributed by atoms with E-state index >= 15 is 0 Å². The molecule has 2 saturated heterocycles. The van der Waals surface area contributed by atoms with E-state index in [1.807, 2.05) is 0 Å². The van der Waals surface area contributed by atoms with Crippen molar-refractivity contribution in [2.24, 2.45) is 11.8 Å². The predicted octanol–water partition coefficient (Wildman–Crippen LogP) is 1.73. The minimum Gasteiger partial charge on any atom is -0.381 e. The highest BCUT2D eigenvalue weighted by Crippen LogP contribution is 2.22. The molecule has 0 aromatic heterocycles. The molecule has 3 heteroatoms. The molecule has 1 N–H and O–H groups in total. The topological polar surface area (TPSA) is 24.5 Å². The fourth-order valence-electron chi connectivity index (χ4n) is 3.20. The molecule has 2 aliphatic heterocycles. The van der Waals surface area contributed by atoms with Crippen molar-refractivity contribution in [1.82, 2.24) is 10.2 Å². The zero-order valence-electron chi connectivity index (χ0n) is 11.5. The van der Waals surface area contributed by atoms with Gasteiger partial charge in [-0.2, -0.15) is 0 Å². The van der Waals surface area contributed by atoms with Crippen molar-refractivity contribution >= 4 is 0 Å². The molecule has 0 aliphatic carbocycles. The molecule has 0 spiro atoms. The molecule has 3 nitrogen and oxygen atoms in total. The van der Waals surface area contributed by atoms with E-state index in [1.54, 1.807) is 0 Å². The third-order valence-electron chi connectivity index (χ3n) is 4.64. The van der Waals surface area contributed by atoms with Gasteiger partial charge in [0.05, 0.1) is 6.61 Å². The summed E-state index contributed by atoms with van der Waals surface area (Å²) < 4.78 is 5.50. The number of rotatable bonds is 5. The number of likely N-dealkylation sites (tertiary alicyclic amines) is 1. The van der Waals surface area contributed by atoms with Crippen LogP contribution in [0.1, 0.15) is 32.6 Å². The minimum absolute atomic E-state index is 0.621. The average molecular weight is 240 g/mol. The number of likely N-dealkylation sites (N-methyl/N-ethyl adjacent to an activating group) is 1. The summed E-state index contributed by atoms with van der Waals surface area (Å²) in [5.41, 5.74) is 0. The molecule has 2 unspecified atom stereocenters. The van der Waals surface area contributed by atoms with Crippen LogP contribution in [0.3, 0.4) is 0 Å². The fourth-order valence-corrected chi connectivity index (χ4v) is 3.20. The van der Waals surface area contributed by atoms with Gasteiger partial charge in [-0.15, -0.1) is 0 Å². The Balaban J connectivity index is 1.75. The first-order valence-corrected chi connectivity index (χ1v) is 7.30. The van der Waals surface area contributed by atoms with Crippen LogP contribution < -0.4 is 5.32 Å². The molecule has 17 heavy (non-hydrogen) atoms. The lowest BCUT2D eigenvalue weighted by atomic mass is 9.93. The van der Waals surface area contributed by atoms with Crippen molar-refractivity contribution in [3.05, 3.63) is 0 Å². The summed E-state index contributed by atoms with van der Waals surface area (Å²) in [6.45, 7) is 8.04. The molecule has 2 fully saturated rings. The van der Waals surface area contributed by atoms with Crippen LogP contribution >= 0.6 is 0 Å².